The number of aromatic nitrogens is 4. The summed E-state index contributed by atoms with van der Waals surface area (Å²) in [6, 6.07) is 3.85. The van der Waals surface area contributed by atoms with E-state index in [2.05, 4.69) is 10.1 Å². The van der Waals surface area contributed by atoms with Crippen molar-refractivity contribution < 1.29 is 8.78 Å². The number of nitrogens with zero attached hydrogens (tertiary/aromatic N) is 4. The Hall–Kier alpha value is -1.95. The molecule has 0 unspecified atom stereocenters. The van der Waals surface area contributed by atoms with Crippen LogP contribution in [0.15, 0.2) is 18.2 Å². The number of aryl methyl sites for hydroxylation is 2. The Bertz CT molecular complexity index is 822. The van der Waals surface area contributed by atoms with Gasteiger partial charge in [-0.05, 0) is 24.6 Å². The molecule has 3 aromatic rings. The molecule has 0 radical (unpaired) electrons. The number of alkyl halides is 1. The monoisotopic (exact) mass is 310 g/mol. The van der Waals surface area contributed by atoms with Crippen molar-refractivity contribution in [2.45, 2.75) is 19.3 Å². The van der Waals surface area contributed by atoms with Crippen molar-refractivity contribution in [1.29, 1.82) is 0 Å². The van der Waals surface area contributed by atoms with Crippen LogP contribution in [0.4, 0.5) is 8.78 Å². The van der Waals surface area contributed by atoms with Gasteiger partial charge in [0, 0.05) is 7.05 Å². The second-order valence-corrected chi connectivity index (χ2v) is 5.14. The molecule has 0 N–H and O–H groups in total. The Balaban J connectivity index is 2.12. The summed E-state index contributed by atoms with van der Waals surface area (Å²) >= 11 is 5.94. The van der Waals surface area contributed by atoms with Gasteiger partial charge in [-0.15, -0.1) is 11.6 Å². The van der Waals surface area contributed by atoms with Crippen LogP contribution in [0.1, 0.15) is 17.1 Å². The Kier molecular flexibility index (Phi) is 3.41. The van der Waals surface area contributed by atoms with E-state index in [1.165, 1.54) is 6.07 Å². The van der Waals surface area contributed by atoms with Crippen LogP contribution in [0.5, 0.6) is 0 Å². The normalized spacial score (nSPS) is 11.5. The van der Waals surface area contributed by atoms with E-state index in [9.17, 15) is 8.78 Å². The first-order valence-corrected chi connectivity index (χ1v) is 6.93. The van der Waals surface area contributed by atoms with Crippen molar-refractivity contribution in [1.82, 2.24) is 19.3 Å². The SMILES string of the molecule is Cc1nn(C)c2c1nc(CCl)n2Cc1ccc(F)c(F)c1. The molecule has 0 aliphatic carbocycles. The predicted molar refractivity (Wildman–Crippen MR) is 76.3 cm³/mol. The molecule has 0 atom stereocenters. The van der Waals surface area contributed by atoms with Gasteiger partial charge in [-0.25, -0.2) is 13.8 Å². The number of imidazole rings is 1. The number of benzene rings is 1. The lowest BCUT2D eigenvalue weighted by Gasteiger charge is -2.08. The highest BCUT2D eigenvalue weighted by atomic mass is 35.5. The highest BCUT2D eigenvalue weighted by Gasteiger charge is 2.17. The van der Waals surface area contributed by atoms with Gasteiger partial charge in [-0.1, -0.05) is 6.07 Å². The summed E-state index contributed by atoms with van der Waals surface area (Å²) in [6.45, 7) is 2.23. The zero-order valence-corrected chi connectivity index (χ0v) is 12.3. The first kappa shape index (κ1) is 14.0. The Morgan fingerprint density at radius 1 is 1.24 bits per heavy atom. The van der Waals surface area contributed by atoms with Gasteiger partial charge in [-0.2, -0.15) is 5.10 Å². The third-order valence-electron chi connectivity index (χ3n) is 3.41. The average Bonchev–Trinajstić information content (AvgIpc) is 2.93. The minimum atomic E-state index is -0.863. The zero-order chi connectivity index (χ0) is 15.1. The second-order valence-electron chi connectivity index (χ2n) is 4.88. The van der Waals surface area contributed by atoms with E-state index in [0.717, 1.165) is 22.9 Å². The molecule has 7 heteroatoms. The van der Waals surface area contributed by atoms with Crippen molar-refractivity contribution in [3.05, 3.63) is 46.9 Å². The molecule has 21 heavy (non-hydrogen) atoms. The third-order valence-corrected chi connectivity index (χ3v) is 3.65. The summed E-state index contributed by atoms with van der Waals surface area (Å²) in [5, 5.41) is 4.32. The molecule has 0 amide bonds. The molecule has 0 fully saturated rings. The van der Waals surface area contributed by atoms with E-state index in [4.69, 9.17) is 11.6 Å². The molecule has 1 aromatic carbocycles. The van der Waals surface area contributed by atoms with Crippen LogP contribution in [-0.2, 0) is 19.5 Å². The Morgan fingerprint density at radius 2 is 2.00 bits per heavy atom. The number of hydrogen-bond donors (Lipinski definition) is 0. The van der Waals surface area contributed by atoms with Crippen LogP contribution >= 0.6 is 11.6 Å². The number of hydrogen-bond acceptors (Lipinski definition) is 2. The summed E-state index contributed by atoms with van der Waals surface area (Å²) < 4.78 is 29.9. The molecule has 2 aromatic heterocycles. The quantitative estimate of drug-likeness (QED) is 0.697. The van der Waals surface area contributed by atoms with Gasteiger partial charge in [-0.3, -0.25) is 4.68 Å². The molecule has 0 aliphatic heterocycles. The molecule has 3 rings (SSSR count). The van der Waals surface area contributed by atoms with Gasteiger partial charge < -0.3 is 4.57 Å². The van der Waals surface area contributed by atoms with Crippen LogP contribution in [0.2, 0.25) is 0 Å². The van der Waals surface area contributed by atoms with Crippen LogP contribution in [0, 0.1) is 18.6 Å². The van der Waals surface area contributed by atoms with Gasteiger partial charge in [0.05, 0.1) is 18.1 Å². The maximum atomic E-state index is 13.3. The summed E-state index contributed by atoms with van der Waals surface area (Å²) in [7, 11) is 1.82. The maximum absolute atomic E-state index is 13.3. The highest BCUT2D eigenvalue weighted by Crippen LogP contribution is 2.22. The lowest BCUT2D eigenvalue weighted by Crippen LogP contribution is -2.08. The molecule has 110 valence electrons. The molecule has 0 saturated carbocycles. The lowest BCUT2D eigenvalue weighted by atomic mass is 10.2. The molecule has 0 bridgehead atoms. The van der Waals surface area contributed by atoms with Crippen LogP contribution in [-0.4, -0.2) is 19.3 Å². The summed E-state index contributed by atoms with van der Waals surface area (Å²) in [5.74, 6) is -0.814. The van der Waals surface area contributed by atoms with Gasteiger partial charge in [0.2, 0.25) is 0 Å². The number of fused-ring (bicyclic) bond motifs is 1. The average molecular weight is 311 g/mol. The van der Waals surface area contributed by atoms with Crippen molar-refractivity contribution in [3.63, 3.8) is 0 Å². The number of halogens is 3. The number of rotatable bonds is 3. The van der Waals surface area contributed by atoms with E-state index in [0.29, 0.717) is 17.9 Å². The third kappa shape index (κ3) is 2.29. The van der Waals surface area contributed by atoms with E-state index in [-0.39, 0.29) is 5.88 Å². The smallest absolute Gasteiger partial charge is 0.159 e. The van der Waals surface area contributed by atoms with Crippen LogP contribution < -0.4 is 0 Å². The standard InChI is InChI=1S/C14H13ClF2N4/c1-8-13-14(20(2)19-8)21(12(6-15)18-13)7-9-3-4-10(16)11(17)5-9/h3-5H,6-7H2,1-2H3. The largest absolute Gasteiger partial charge is 0.307 e. The summed E-state index contributed by atoms with van der Waals surface area (Å²) in [6.07, 6.45) is 0. The fourth-order valence-corrected chi connectivity index (χ4v) is 2.67. The summed E-state index contributed by atoms with van der Waals surface area (Å²) in [4.78, 5) is 4.47. The minimum absolute atomic E-state index is 0.234. The molecular weight excluding hydrogens is 298 g/mol. The fourth-order valence-electron chi connectivity index (χ4n) is 2.47. The fraction of sp³-hybridized carbons (Fsp3) is 0.286. The van der Waals surface area contributed by atoms with Crippen LogP contribution in [0.25, 0.3) is 11.2 Å². The minimum Gasteiger partial charge on any atom is -0.307 e. The van der Waals surface area contributed by atoms with Crippen molar-refractivity contribution in [3.8, 4) is 0 Å². The second kappa shape index (κ2) is 5.11. The maximum Gasteiger partial charge on any atom is 0.159 e. The van der Waals surface area contributed by atoms with Crippen molar-refractivity contribution >= 4 is 22.8 Å². The van der Waals surface area contributed by atoms with Crippen LogP contribution in [0.3, 0.4) is 0 Å². The van der Waals surface area contributed by atoms with Gasteiger partial charge in [0.1, 0.15) is 11.3 Å². The van der Waals surface area contributed by atoms with Gasteiger partial charge in [0.15, 0.2) is 17.3 Å². The zero-order valence-electron chi connectivity index (χ0n) is 11.6. The topological polar surface area (TPSA) is 35.6 Å². The molecule has 2 heterocycles. The van der Waals surface area contributed by atoms with E-state index in [1.807, 2.05) is 18.5 Å². The first-order chi connectivity index (χ1) is 10.0. The molecular formula is C14H13ClF2N4. The molecule has 0 spiro atoms. The van der Waals surface area contributed by atoms with E-state index >= 15 is 0 Å². The van der Waals surface area contributed by atoms with E-state index < -0.39 is 11.6 Å². The predicted octanol–water partition coefficient (Wildman–Crippen LogP) is 3.14. The lowest BCUT2D eigenvalue weighted by molar-refractivity contribution is 0.506. The first-order valence-electron chi connectivity index (χ1n) is 6.40. The molecule has 0 aliphatic rings. The highest BCUT2D eigenvalue weighted by molar-refractivity contribution is 6.16. The summed E-state index contributed by atoms with van der Waals surface area (Å²) in [5.41, 5.74) is 3.03. The van der Waals surface area contributed by atoms with Crippen molar-refractivity contribution in [2.24, 2.45) is 7.05 Å². The Labute approximate surface area is 125 Å². The van der Waals surface area contributed by atoms with E-state index in [1.54, 1.807) is 10.7 Å². The van der Waals surface area contributed by atoms with Gasteiger partial charge in [0.25, 0.3) is 0 Å². The molecule has 0 saturated heterocycles. The molecule has 4 nitrogen and oxygen atoms in total. The van der Waals surface area contributed by atoms with Crippen molar-refractivity contribution in [2.75, 3.05) is 0 Å². The Morgan fingerprint density at radius 3 is 2.67 bits per heavy atom. The van der Waals surface area contributed by atoms with Gasteiger partial charge >= 0.3 is 0 Å².